The molecule has 0 aliphatic carbocycles. The Balaban J connectivity index is 0.00000176. The number of ketones is 1. The number of hydrogen-bond donors (Lipinski definition) is 1. The van der Waals surface area contributed by atoms with Crippen LogP contribution >= 0.6 is 12.4 Å². The first-order chi connectivity index (χ1) is 10.3. The molecule has 116 valence electrons. The molecular weight excluding hydrogens is 298 g/mol. The molecule has 3 nitrogen and oxygen atoms in total. The van der Waals surface area contributed by atoms with E-state index >= 15 is 0 Å². The molecule has 0 aromatic heterocycles. The van der Waals surface area contributed by atoms with Crippen LogP contribution < -0.4 is 10.1 Å². The summed E-state index contributed by atoms with van der Waals surface area (Å²) in [7, 11) is 0. The van der Waals surface area contributed by atoms with Gasteiger partial charge in [0.1, 0.15) is 12.4 Å². The number of Topliss-reactive ketones (excluding diaryl/α,β-unsaturated/α-hetero) is 1. The quantitative estimate of drug-likeness (QED) is 0.940. The monoisotopic (exact) mass is 317 g/mol. The molecular formula is C18H20ClNO2. The minimum Gasteiger partial charge on any atom is -0.491 e. The predicted octanol–water partition coefficient (Wildman–Crippen LogP) is 3.27. The van der Waals surface area contributed by atoms with Gasteiger partial charge < -0.3 is 10.1 Å². The molecule has 0 radical (unpaired) electrons. The van der Waals surface area contributed by atoms with Crippen molar-refractivity contribution in [1.29, 1.82) is 0 Å². The summed E-state index contributed by atoms with van der Waals surface area (Å²) < 4.78 is 5.75. The van der Waals surface area contributed by atoms with Crippen LogP contribution in [-0.2, 0) is 6.42 Å². The van der Waals surface area contributed by atoms with Crippen molar-refractivity contribution in [3.8, 4) is 5.75 Å². The fourth-order valence-electron chi connectivity index (χ4n) is 2.60. The van der Waals surface area contributed by atoms with Crippen molar-refractivity contribution in [3.05, 3.63) is 65.7 Å². The maximum Gasteiger partial charge on any atom is 0.168 e. The third kappa shape index (κ3) is 4.09. The van der Waals surface area contributed by atoms with Crippen LogP contribution in [0.2, 0.25) is 0 Å². The minimum absolute atomic E-state index is 0. The fraction of sp³-hybridized carbons (Fsp3) is 0.278. The molecule has 4 heteroatoms. The van der Waals surface area contributed by atoms with E-state index in [1.807, 2.05) is 42.5 Å². The number of carbonyl (C=O) groups excluding carboxylic acids is 1. The van der Waals surface area contributed by atoms with E-state index in [-0.39, 0.29) is 24.2 Å². The van der Waals surface area contributed by atoms with Crippen LogP contribution in [0.1, 0.15) is 22.3 Å². The Labute approximate surface area is 137 Å². The molecule has 1 aliphatic rings. The van der Waals surface area contributed by atoms with Gasteiger partial charge in [-0.15, -0.1) is 12.4 Å². The number of hydrogen-bond acceptors (Lipinski definition) is 3. The standard InChI is InChI=1S/C18H19NO2.ClH/c20-17-12-15(13-21-18-9-5-4-8-16(17)18)19-11-10-14-6-2-1-3-7-14;/h1-9,15,19H,10-13H2;1H. The molecule has 0 amide bonds. The maximum atomic E-state index is 12.2. The molecule has 1 N–H and O–H groups in total. The summed E-state index contributed by atoms with van der Waals surface area (Å²) >= 11 is 0. The number of ether oxygens (including phenoxy) is 1. The average Bonchev–Trinajstić information content (AvgIpc) is 2.68. The summed E-state index contributed by atoms with van der Waals surface area (Å²) in [5.74, 6) is 0.857. The Bertz CT molecular complexity index is 615. The summed E-state index contributed by atoms with van der Waals surface area (Å²) in [6.07, 6.45) is 1.45. The molecule has 0 bridgehead atoms. The number of halogens is 1. The average molecular weight is 318 g/mol. The molecule has 1 aliphatic heterocycles. The van der Waals surface area contributed by atoms with Gasteiger partial charge in [0.25, 0.3) is 0 Å². The SMILES string of the molecule is Cl.O=C1CC(NCCc2ccccc2)COc2ccccc21. The van der Waals surface area contributed by atoms with E-state index in [9.17, 15) is 4.79 Å². The first kappa shape index (κ1) is 16.5. The second kappa shape index (κ2) is 7.97. The largest absolute Gasteiger partial charge is 0.491 e. The Kier molecular flexibility index (Phi) is 5.99. The van der Waals surface area contributed by atoms with E-state index < -0.39 is 0 Å². The van der Waals surface area contributed by atoms with E-state index in [4.69, 9.17) is 4.74 Å². The molecule has 2 aromatic carbocycles. The lowest BCUT2D eigenvalue weighted by Crippen LogP contribution is -2.36. The molecule has 0 fully saturated rings. The van der Waals surface area contributed by atoms with Gasteiger partial charge in [0.2, 0.25) is 0 Å². The predicted molar refractivity (Wildman–Crippen MR) is 90.1 cm³/mol. The third-order valence-corrected chi connectivity index (χ3v) is 3.75. The third-order valence-electron chi connectivity index (χ3n) is 3.75. The van der Waals surface area contributed by atoms with Crippen molar-refractivity contribution in [2.75, 3.05) is 13.2 Å². The zero-order chi connectivity index (χ0) is 14.5. The van der Waals surface area contributed by atoms with Gasteiger partial charge in [-0.1, -0.05) is 42.5 Å². The van der Waals surface area contributed by atoms with Gasteiger partial charge >= 0.3 is 0 Å². The second-order valence-electron chi connectivity index (χ2n) is 5.32. The molecule has 0 saturated carbocycles. The van der Waals surface area contributed by atoms with Crippen molar-refractivity contribution in [2.24, 2.45) is 0 Å². The van der Waals surface area contributed by atoms with Crippen molar-refractivity contribution < 1.29 is 9.53 Å². The molecule has 22 heavy (non-hydrogen) atoms. The Morgan fingerprint density at radius 3 is 2.59 bits per heavy atom. The van der Waals surface area contributed by atoms with Crippen LogP contribution in [0.3, 0.4) is 0 Å². The van der Waals surface area contributed by atoms with Crippen molar-refractivity contribution in [1.82, 2.24) is 5.32 Å². The normalized spacial score (nSPS) is 16.9. The molecule has 0 spiro atoms. The fourth-order valence-corrected chi connectivity index (χ4v) is 2.60. The topological polar surface area (TPSA) is 38.3 Å². The van der Waals surface area contributed by atoms with Crippen molar-refractivity contribution in [3.63, 3.8) is 0 Å². The molecule has 1 unspecified atom stereocenters. The zero-order valence-electron chi connectivity index (χ0n) is 12.3. The van der Waals surface area contributed by atoms with Crippen LogP contribution in [0.4, 0.5) is 0 Å². The molecule has 3 rings (SSSR count). The first-order valence-corrected chi connectivity index (χ1v) is 7.35. The number of para-hydroxylation sites is 1. The van der Waals surface area contributed by atoms with Gasteiger partial charge in [-0.2, -0.15) is 0 Å². The molecule has 2 aromatic rings. The smallest absolute Gasteiger partial charge is 0.168 e. The number of fused-ring (bicyclic) bond motifs is 1. The number of carbonyl (C=O) groups is 1. The summed E-state index contributed by atoms with van der Waals surface area (Å²) in [4.78, 5) is 12.2. The zero-order valence-corrected chi connectivity index (χ0v) is 13.1. The highest BCUT2D eigenvalue weighted by atomic mass is 35.5. The highest BCUT2D eigenvalue weighted by molar-refractivity contribution is 5.99. The number of benzene rings is 2. The highest BCUT2D eigenvalue weighted by Gasteiger charge is 2.22. The Morgan fingerprint density at radius 1 is 1.05 bits per heavy atom. The summed E-state index contributed by atoms with van der Waals surface area (Å²) in [5, 5.41) is 3.43. The Morgan fingerprint density at radius 2 is 1.77 bits per heavy atom. The number of nitrogens with one attached hydrogen (secondary N) is 1. The molecule has 1 heterocycles. The van der Waals surface area contributed by atoms with E-state index in [2.05, 4.69) is 17.4 Å². The molecule has 0 saturated heterocycles. The van der Waals surface area contributed by atoms with E-state index in [1.165, 1.54) is 5.56 Å². The number of rotatable bonds is 4. The van der Waals surface area contributed by atoms with Crippen LogP contribution in [-0.4, -0.2) is 25.0 Å². The second-order valence-corrected chi connectivity index (χ2v) is 5.32. The lowest BCUT2D eigenvalue weighted by molar-refractivity contribution is 0.0971. The van der Waals surface area contributed by atoms with E-state index in [0.717, 1.165) is 13.0 Å². The van der Waals surface area contributed by atoms with Gasteiger partial charge in [0, 0.05) is 12.5 Å². The van der Waals surface area contributed by atoms with Gasteiger partial charge in [0.15, 0.2) is 5.78 Å². The first-order valence-electron chi connectivity index (χ1n) is 7.35. The summed E-state index contributed by atoms with van der Waals surface area (Å²) in [6, 6.07) is 17.9. The summed E-state index contributed by atoms with van der Waals surface area (Å²) in [5.41, 5.74) is 2.00. The maximum absolute atomic E-state index is 12.2. The molecule has 1 atom stereocenters. The summed E-state index contributed by atoms with van der Waals surface area (Å²) in [6.45, 7) is 1.39. The lowest BCUT2D eigenvalue weighted by Gasteiger charge is -2.15. The van der Waals surface area contributed by atoms with Gasteiger partial charge in [-0.3, -0.25) is 4.79 Å². The van der Waals surface area contributed by atoms with Crippen LogP contribution in [0, 0.1) is 0 Å². The van der Waals surface area contributed by atoms with Crippen molar-refractivity contribution in [2.45, 2.75) is 18.9 Å². The Hall–Kier alpha value is -1.84. The van der Waals surface area contributed by atoms with E-state index in [0.29, 0.717) is 24.3 Å². The van der Waals surface area contributed by atoms with Gasteiger partial charge in [-0.25, -0.2) is 0 Å². The van der Waals surface area contributed by atoms with Crippen LogP contribution in [0.15, 0.2) is 54.6 Å². The highest BCUT2D eigenvalue weighted by Crippen LogP contribution is 2.23. The van der Waals surface area contributed by atoms with E-state index in [1.54, 1.807) is 0 Å². The van der Waals surface area contributed by atoms with Crippen molar-refractivity contribution >= 4 is 18.2 Å². The van der Waals surface area contributed by atoms with Gasteiger partial charge in [-0.05, 0) is 30.7 Å². The minimum atomic E-state index is 0. The lowest BCUT2D eigenvalue weighted by atomic mass is 10.0. The van der Waals surface area contributed by atoms with Gasteiger partial charge in [0.05, 0.1) is 5.56 Å². The van der Waals surface area contributed by atoms with Crippen LogP contribution in [0.5, 0.6) is 5.75 Å². The van der Waals surface area contributed by atoms with Crippen LogP contribution in [0.25, 0.3) is 0 Å².